The molecule has 1 atom stereocenters. The van der Waals surface area contributed by atoms with E-state index >= 15 is 0 Å². The van der Waals surface area contributed by atoms with Crippen LogP contribution in [0.4, 0.5) is 0 Å². The first-order valence-electron chi connectivity index (χ1n) is 5.62. The largest absolute Gasteiger partial charge is 0.298 e. The van der Waals surface area contributed by atoms with E-state index < -0.39 is 0 Å². The molecule has 5 heteroatoms. The van der Waals surface area contributed by atoms with Gasteiger partial charge < -0.3 is 0 Å². The molecule has 0 aliphatic carbocycles. The van der Waals surface area contributed by atoms with Crippen LogP contribution in [0, 0.1) is 11.8 Å². The maximum atomic E-state index is 12.2. The first kappa shape index (κ1) is 12.8. The number of alkyl halides is 1. The van der Waals surface area contributed by atoms with Gasteiger partial charge in [-0.2, -0.15) is 0 Å². The minimum atomic E-state index is 0.0802. The summed E-state index contributed by atoms with van der Waals surface area (Å²) in [5, 5.41) is 2.81. The molecule has 17 heavy (non-hydrogen) atoms. The quantitative estimate of drug-likeness (QED) is 0.813. The molecular weight excluding hydrogens is 300 g/mol. The van der Waals surface area contributed by atoms with E-state index in [9.17, 15) is 4.79 Å². The standard InChI is InChI=1S/C12H15BrN2OS/c1-8(2)9(5-13)6-15-7-14-10-3-4-17-11(10)12(15)16/h3-4,7-9H,5-6H2,1-2H3. The van der Waals surface area contributed by atoms with Gasteiger partial charge in [-0.15, -0.1) is 11.3 Å². The van der Waals surface area contributed by atoms with Crippen LogP contribution in [0.25, 0.3) is 10.2 Å². The van der Waals surface area contributed by atoms with Crippen LogP contribution >= 0.6 is 27.3 Å². The maximum absolute atomic E-state index is 12.2. The lowest BCUT2D eigenvalue weighted by molar-refractivity contribution is 0.368. The zero-order valence-corrected chi connectivity index (χ0v) is 12.3. The molecular formula is C12H15BrN2OS. The highest BCUT2D eigenvalue weighted by Gasteiger charge is 2.14. The van der Waals surface area contributed by atoms with E-state index in [1.165, 1.54) is 11.3 Å². The molecule has 0 aliphatic rings. The van der Waals surface area contributed by atoms with Gasteiger partial charge in [-0.1, -0.05) is 29.8 Å². The van der Waals surface area contributed by atoms with Crippen LogP contribution in [-0.4, -0.2) is 14.9 Å². The smallest absolute Gasteiger partial charge is 0.271 e. The Kier molecular flexibility index (Phi) is 3.99. The van der Waals surface area contributed by atoms with E-state index in [0.717, 1.165) is 22.1 Å². The molecule has 0 spiro atoms. The number of hydrogen-bond donors (Lipinski definition) is 0. The Morgan fingerprint density at radius 3 is 2.94 bits per heavy atom. The zero-order valence-electron chi connectivity index (χ0n) is 9.89. The highest BCUT2D eigenvalue weighted by Crippen LogP contribution is 2.17. The van der Waals surface area contributed by atoms with Crippen LogP contribution in [-0.2, 0) is 6.54 Å². The van der Waals surface area contributed by atoms with Crippen LogP contribution in [0.2, 0.25) is 0 Å². The third-order valence-corrected chi connectivity index (χ3v) is 4.73. The van der Waals surface area contributed by atoms with Crippen molar-refractivity contribution in [2.45, 2.75) is 20.4 Å². The van der Waals surface area contributed by atoms with Gasteiger partial charge in [-0.3, -0.25) is 9.36 Å². The lowest BCUT2D eigenvalue weighted by Gasteiger charge is -2.18. The van der Waals surface area contributed by atoms with Gasteiger partial charge in [0, 0.05) is 11.9 Å². The Bertz CT molecular complexity index is 561. The normalized spacial score (nSPS) is 13.4. The van der Waals surface area contributed by atoms with E-state index in [1.807, 2.05) is 11.4 Å². The second-order valence-corrected chi connectivity index (χ2v) is 6.06. The molecule has 0 N–H and O–H groups in total. The Hall–Kier alpha value is -0.680. The number of nitrogens with zero attached hydrogens (tertiary/aromatic N) is 2. The Morgan fingerprint density at radius 1 is 1.53 bits per heavy atom. The Balaban J connectivity index is 2.36. The summed E-state index contributed by atoms with van der Waals surface area (Å²) in [7, 11) is 0. The Morgan fingerprint density at radius 2 is 2.29 bits per heavy atom. The summed E-state index contributed by atoms with van der Waals surface area (Å²) < 4.78 is 2.48. The minimum absolute atomic E-state index is 0.0802. The molecule has 0 saturated heterocycles. The van der Waals surface area contributed by atoms with Crippen molar-refractivity contribution in [2.24, 2.45) is 11.8 Å². The van der Waals surface area contributed by atoms with Gasteiger partial charge in [0.05, 0.1) is 11.8 Å². The molecule has 0 bridgehead atoms. The fourth-order valence-electron chi connectivity index (χ4n) is 1.70. The van der Waals surface area contributed by atoms with E-state index in [-0.39, 0.29) is 5.56 Å². The van der Waals surface area contributed by atoms with Crippen LogP contribution in [0.3, 0.4) is 0 Å². The molecule has 3 nitrogen and oxygen atoms in total. The SMILES string of the molecule is CC(C)C(CBr)Cn1cnc2ccsc2c1=O. The predicted octanol–water partition coefficient (Wildman–Crippen LogP) is 3.13. The lowest BCUT2D eigenvalue weighted by Crippen LogP contribution is -2.26. The molecule has 2 rings (SSSR count). The van der Waals surface area contributed by atoms with Gasteiger partial charge in [0.15, 0.2) is 0 Å². The number of aromatic nitrogens is 2. The minimum Gasteiger partial charge on any atom is -0.298 e. The highest BCUT2D eigenvalue weighted by atomic mass is 79.9. The van der Waals surface area contributed by atoms with E-state index in [1.54, 1.807) is 10.9 Å². The van der Waals surface area contributed by atoms with Gasteiger partial charge in [0.1, 0.15) is 4.70 Å². The lowest BCUT2D eigenvalue weighted by atomic mass is 9.98. The Labute approximate surface area is 113 Å². The summed E-state index contributed by atoms with van der Waals surface area (Å²) in [5.41, 5.74) is 0.882. The van der Waals surface area contributed by atoms with Crippen molar-refractivity contribution in [3.05, 3.63) is 28.1 Å². The molecule has 0 fully saturated rings. The molecule has 1 unspecified atom stereocenters. The number of fused-ring (bicyclic) bond motifs is 1. The van der Waals surface area contributed by atoms with Crippen molar-refractivity contribution in [3.8, 4) is 0 Å². The van der Waals surface area contributed by atoms with Crippen molar-refractivity contribution >= 4 is 37.5 Å². The molecule has 0 aromatic carbocycles. The first-order chi connectivity index (χ1) is 8.13. The molecule has 2 heterocycles. The maximum Gasteiger partial charge on any atom is 0.271 e. The van der Waals surface area contributed by atoms with Crippen LogP contribution < -0.4 is 5.56 Å². The first-order valence-corrected chi connectivity index (χ1v) is 7.62. The van der Waals surface area contributed by atoms with Crippen LogP contribution in [0.1, 0.15) is 13.8 Å². The van der Waals surface area contributed by atoms with Gasteiger partial charge in [-0.25, -0.2) is 4.98 Å². The number of rotatable bonds is 4. The fraction of sp³-hybridized carbons (Fsp3) is 0.500. The summed E-state index contributed by atoms with van der Waals surface area (Å²) in [5.74, 6) is 0.993. The number of thiophene rings is 1. The second kappa shape index (κ2) is 5.31. The third kappa shape index (κ3) is 2.60. The molecule has 0 aliphatic heterocycles. The van der Waals surface area contributed by atoms with Gasteiger partial charge in [-0.05, 0) is 23.3 Å². The van der Waals surface area contributed by atoms with E-state index in [2.05, 4.69) is 34.8 Å². The summed E-state index contributed by atoms with van der Waals surface area (Å²) in [6, 6.07) is 1.89. The molecule has 0 saturated carbocycles. The average Bonchev–Trinajstić information content (AvgIpc) is 2.76. The number of halogens is 1. The van der Waals surface area contributed by atoms with Crippen molar-refractivity contribution in [1.29, 1.82) is 0 Å². The zero-order chi connectivity index (χ0) is 12.4. The molecule has 2 aromatic heterocycles. The van der Waals surface area contributed by atoms with Gasteiger partial charge in [0.2, 0.25) is 0 Å². The fourth-order valence-corrected chi connectivity index (χ4v) is 3.44. The summed E-state index contributed by atoms with van der Waals surface area (Å²) in [6.45, 7) is 5.07. The van der Waals surface area contributed by atoms with E-state index in [0.29, 0.717) is 11.8 Å². The highest BCUT2D eigenvalue weighted by molar-refractivity contribution is 9.09. The topological polar surface area (TPSA) is 34.9 Å². The third-order valence-electron chi connectivity index (χ3n) is 3.01. The summed E-state index contributed by atoms with van der Waals surface area (Å²) >= 11 is 4.97. The second-order valence-electron chi connectivity index (χ2n) is 4.50. The molecule has 2 aromatic rings. The van der Waals surface area contributed by atoms with Crippen molar-refractivity contribution in [1.82, 2.24) is 9.55 Å². The summed E-state index contributed by atoms with van der Waals surface area (Å²) in [4.78, 5) is 16.5. The van der Waals surface area contributed by atoms with Crippen LogP contribution in [0.5, 0.6) is 0 Å². The van der Waals surface area contributed by atoms with Crippen LogP contribution in [0.15, 0.2) is 22.6 Å². The van der Waals surface area contributed by atoms with Gasteiger partial charge >= 0.3 is 0 Å². The average molecular weight is 315 g/mol. The molecule has 0 amide bonds. The van der Waals surface area contributed by atoms with Gasteiger partial charge in [0.25, 0.3) is 5.56 Å². The molecule has 0 radical (unpaired) electrons. The number of hydrogen-bond acceptors (Lipinski definition) is 3. The van der Waals surface area contributed by atoms with Crippen molar-refractivity contribution in [2.75, 3.05) is 5.33 Å². The molecule has 92 valence electrons. The van der Waals surface area contributed by atoms with Crippen molar-refractivity contribution in [3.63, 3.8) is 0 Å². The van der Waals surface area contributed by atoms with Crippen molar-refractivity contribution < 1.29 is 0 Å². The predicted molar refractivity (Wildman–Crippen MR) is 76.0 cm³/mol. The van der Waals surface area contributed by atoms with E-state index in [4.69, 9.17) is 0 Å². The monoisotopic (exact) mass is 314 g/mol. The summed E-state index contributed by atoms with van der Waals surface area (Å²) in [6.07, 6.45) is 1.66.